The zero-order valence-corrected chi connectivity index (χ0v) is 17.2. The van der Waals surface area contributed by atoms with Crippen molar-refractivity contribution >= 4 is 40.9 Å². The molecule has 1 atom stereocenters. The molecule has 30 heavy (non-hydrogen) atoms. The lowest BCUT2D eigenvalue weighted by Gasteiger charge is -2.27. The number of benzene rings is 1. The number of imide groups is 2. The molecule has 1 aromatic carbocycles. The van der Waals surface area contributed by atoms with Gasteiger partial charge in [-0.05, 0) is 49.9 Å². The summed E-state index contributed by atoms with van der Waals surface area (Å²) in [5.41, 5.74) is -0.155. The number of carbonyl (C=O) groups is 5. The average Bonchev–Trinajstić information content (AvgIpc) is 3.31. The second kappa shape index (κ2) is 7.17. The van der Waals surface area contributed by atoms with Gasteiger partial charge in [-0.15, -0.1) is 11.3 Å². The summed E-state index contributed by atoms with van der Waals surface area (Å²) in [6.07, 6.45) is 0.133. The molecule has 1 aromatic heterocycles. The van der Waals surface area contributed by atoms with Crippen molar-refractivity contribution in [3.63, 3.8) is 0 Å². The second-order valence-electron chi connectivity index (χ2n) is 7.76. The van der Waals surface area contributed by atoms with Gasteiger partial charge >= 0.3 is 0 Å². The Hall–Kier alpha value is -3.33. The molecule has 9 heteroatoms. The first-order valence-corrected chi connectivity index (χ1v) is 10.3. The van der Waals surface area contributed by atoms with Crippen molar-refractivity contribution in [2.75, 3.05) is 0 Å². The fourth-order valence-corrected chi connectivity index (χ4v) is 4.47. The van der Waals surface area contributed by atoms with E-state index in [-0.39, 0.29) is 35.4 Å². The summed E-state index contributed by atoms with van der Waals surface area (Å²) in [5, 5.41) is 7.02. The van der Waals surface area contributed by atoms with Crippen molar-refractivity contribution < 1.29 is 24.0 Å². The summed E-state index contributed by atoms with van der Waals surface area (Å²) < 4.78 is 0. The van der Waals surface area contributed by atoms with Gasteiger partial charge in [0, 0.05) is 16.9 Å². The molecule has 154 valence electrons. The first kappa shape index (κ1) is 20.0. The molecule has 3 heterocycles. The van der Waals surface area contributed by atoms with Crippen molar-refractivity contribution in [3.8, 4) is 0 Å². The third kappa shape index (κ3) is 3.30. The van der Waals surface area contributed by atoms with E-state index < -0.39 is 35.2 Å². The van der Waals surface area contributed by atoms with Crippen LogP contribution in [0.2, 0.25) is 0 Å². The van der Waals surface area contributed by atoms with Crippen LogP contribution in [0.15, 0.2) is 35.7 Å². The second-order valence-corrected chi connectivity index (χ2v) is 8.71. The van der Waals surface area contributed by atoms with Crippen molar-refractivity contribution in [3.05, 3.63) is 57.3 Å². The van der Waals surface area contributed by atoms with Crippen molar-refractivity contribution in [2.24, 2.45) is 0 Å². The van der Waals surface area contributed by atoms with Crippen LogP contribution in [-0.2, 0) is 15.1 Å². The fraction of sp³-hybridized carbons (Fsp3) is 0.286. The summed E-state index contributed by atoms with van der Waals surface area (Å²) in [6, 6.07) is 7.07. The summed E-state index contributed by atoms with van der Waals surface area (Å²) in [5.74, 6) is -2.72. The number of carbonyl (C=O) groups excluding carboxylic acids is 5. The number of thiophene rings is 1. The maximum atomic E-state index is 12.9. The van der Waals surface area contributed by atoms with Crippen LogP contribution >= 0.6 is 11.3 Å². The van der Waals surface area contributed by atoms with Gasteiger partial charge in [0.15, 0.2) is 0 Å². The Kier molecular flexibility index (Phi) is 4.77. The van der Waals surface area contributed by atoms with Crippen LogP contribution in [0, 0.1) is 0 Å². The maximum absolute atomic E-state index is 12.9. The highest BCUT2D eigenvalue weighted by Gasteiger charge is 2.44. The highest BCUT2D eigenvalue weighted by Crippen LogP contribution is 2.29. The van der Waals surface area contributed by atoms with E-state index in [1.807, 2.05) is 31.4 Å². The average molecular weight is 425 g/mol. The first-order valence-electron chi connectivity index (χ1n) is 9.41. The number of hydrogen-bond acceptors (Lipinski definition) is 6. The van der Waals surface area contributed by atoms with E-state index in [1.54, 1.807) is 0 Å². The molecular formula is C21H19N3O5S. The van der Waals surface area contributed by atoms with Crippen molar-refractivity contribution in [1.82, 2.24) is 15.5 Å². The SMILES string of the molecule is CC(C)(NC(=O)c1ccc2c(c1)C(=O)N(C1CCC(=O)NC1=O)C2=O)c1cccs1. The predicted molar refractivity (Wildman–Crippen MR) is 108 cm³/mol. The number of amides is 5. The Balaban J connectivity index is 1.58. The Morgan fingerprint density at radius 3 is 2.53 bits per heavy atom. The molecule has 1 saturated heterocycles. The van der Waals surface area contributed by atoms with E-state index in [0.717, 1.165) is 9.78 Å². The molecule has 0 spiro atoms. The quantitative estimate of drug-likeness (QED) is 0.726. The molecule has 1 fully saturated rings. The fourth-order valence-electron chi connectivity index (χ4n) is 3.66. The van der Waals surface area contributed by atoms with Crippen LogP contribution in [0.25, 0.3) is 0 Å². The zero-order valence-electron chi connectivity index (χ0n) is 16.4. The monoisotopic (exact) mass is 425 g/mol. The van der Waals surface area contributed by atoms with Gasteiger partial charge in [0.25, 0.3) is 17.7 Å². The minimum atomic E-state index is -1.04. The molecule has 1 unspecified atom stereocenters. The molecular weight excluding hydrogens is 406 g/mol. The van der Waals surface area contributed by atoms with Crippen LogP contribution in [0.3, 0.4) is 0 Å². The van der Waals surface area contributed by atoms with Gasteiger partial charge in [0.1, 0.15) is 6.04 Å². The van der Waals surface area contributed by atoms with Gasteiger partial charge in [0.05, 0.1) is 16.7 Å². The minimum absolute atomic E-state index is 0.0509. The van der Waals surface area contributed by atoms with E-state index in [9.17, 15) is 24.0 Å². The number of fused-ring (bicyclic) bond motifs is 1. The number of nitrogens with one attached hydrogen (secondary N) is 2. The standard InChI is InChI=1S/C21H19N3O5S/c1-21(2,15-4-3-9-30-15)23-17(26)11-5-6-12-13(10-11)20(29)24(19(12)28)14-7-8-16(25)22-18(14)27/h3-6,9-10,14H,7-8H2,1-2H3,(H,23,26)(H,22,25,27). The van der Waals surface area contributed by atoms with Crippen LogP contribution < -0.4 is 10.6 Å². The first-order chi connectivity index (χ1) is 14.2. The molecule has 8 nitrogen and oxygen atoms in total. The van der Waals surface area contributed by atoms with Crippen LogP contribution in [-0.4, -0.2) is 40.5 Å². The van der Waals surface area contributed by atoms with Gasteiger partial charge in [-0.25, -0.2) is 0 Å². The number of rotatable bonds is 4. The van der Waals surface area contributed by atoms with Gasteiger partial charge < -0.3 is 5.32 Å². The van der Waals surface area contributed by atoms with Gasteiger partial charge in [-0.1, -0.05) is 6.07 Å². The summed E-state index contributed by atoms with van der Waals surface area (Å²) in [7, 11) is 0. The highest BCUT2D eigenvalue weighted by molar-refractivity contribution is 7.10. The number of piperidine rings is 1. The third-order valence-corrected chi connectivity index (χ3v) is 6.46. The molecule has 0 radical (unpaired) electrons. The molecule has 2 aliphatic heterocycles. The minimum Gasteiger partial charge on any atom is -0.342 e. The molecule has 2 aliphatic rings. The summed E-state index contributed by atoms with van der Waals surface area (Å²) >= 11 is 1.52. The van der Waals surface area contributed by atoms with E-state index >= 15 is 0 Å². The summed E-state index contributed by atoms with van der Waals surface area (Å²) in [6.45, 7) is 3.76. The molecule has 4 rings (SSSR count). The Morgan fingerprint density at radius 1 is 1.13 bits per heavy atom. The van der Waals surface area contributed by atoms with Gasteiger partial charge in [-0.2, -0.15) is 0 Å². The number of hydrogen-bond donors (Lipinski definition) is 2. The molecule has 0 aliphatic carbocycles. The van der Waals surface area contributed by atoms with E-state index in [0.29, 0.717) is 0 Å². The normalized spacial score (nSPS) is 19.0. The lowest BCUT2D eigenvalue weighted by Crippen LogP contribution is -2.54. The van der Waals surface area contributed by atoms with Gasteiger partial charge in [0.2, 0.25) is 11.8 Å². The molecule has 0 bridgehead atoms. The lowest BCUT2D eigenvalue weighted by molar-refractivity contribution is -0.136. The number of nitrogens with zero attached hydrogens (tertiary/aromatic N) is 1. The molecule has 2 N–H and O–H groups in total. The van der Waals surface area contributed by atoms with Crippen molar-refractivity contribution in [2.45, 2.75) is 38.3 Å². The largest absolute Gasteiger partial charge is 0.342 e. The summed E-state index contributed by atoms with van der Waals surface area (Å²) in [4.78, 5) is 63.8. The van der Waals surface area contributed by atoms with Crippen LogP contribution in [0.5, 0.6) is 0 Å². The smallest absolute Gasteiger partial charge is 0.262 e. The van der Waals surface area contributed by atoms with Gasteiger partial charge in [-0.3, -0.25) is 34.2 Å². The topological polar surface area (TPSA) is 113 Å². The lowest BCUT2D eigenvalue weighted by atomic mass is 10.0. The molecule has 2 aromatic rings. The highest BCUT2D eigenvalue weighted by atomic mass is 32.1. The van der Waals surface area contributed by atoms with Crippen LogP contribution in [0.4, 0.5) is 0 Å². The maximum Gasteiger partial charge on any atom is 0.262 e. The zero-order chi connectivity index (χ0) is 21.6. The van der Waals surface area contributed by atoms with Crippen molar-refractivity contribution in [1.29, 1.82) is 0 Å². The van der Waals surface area contributed by atoms with E-state index in [2.05, 4.69) is 10.6 Å². The van der Waals surface area contributed by atoms with Crippen LogP contribution in [0.1, 0.15) is 62.6 Å². The molecule has 5 amide bonds. The Bertz CT molecular complexity index is 1090. The van der Waals surface area contributed by atoms with E-state index in [1.165, 1.54) is 29.5 Å². The Labute approximate surface area is 176 Å². The third-order valence-electron chi connectivity index (χ3n) is 5.27. The van der Waals surface area contributed by atoms with E-state index in [4.69, 9.17) is 0 Å². The predicted octanol–water partition coefficient (Wildman–Crippen LogP) is 1.81. The Morgan fingerprint density at radius 2 is 1.87 bits per heavy atom. The molecule has 0 saturated carbocycles.